The van der Waals surface area contributed by atoms with Crippen LogP contribution >= 0.6 is 0 Å². The third-order valence-electron chi connectivity index (χ3n) is 6.40. The van der Waals surface area contributed by atoms with E-state index in [1.165, 1.54) is 4.90 Å². The van der Waals surface area contributed by atoms with Crippen molar-refractivity contribution < 1.29 is 24.2 Å². The van der Waals surface area contributed by atoms with Gasteiger partial charge in [0.05, 0.1) is 17.7 Å². The maximum absolute atomic E-state index is 13.4. The van der Waals surface area contributed by atoms with E-state index < -0.39 is 17.7 Å². The molecule has 6 nitrogen and oxygen atoms in total. The minimum atomic E-state index is -0.848. The van der Waals surface area contributed by atoms with Gasteiger partial charge in [0.2, 0.25) is 0 Å². The summed E-state index contributed by atoms with van der Waals surface area (Å²) in [6, 6.07) is 32.0. The normalized spacial score (nSPS) is 16.5. The van der Waals surface area contributed by atoms with Crippen LogP contribution in [-0.4, -0.2) is 22.9 Å². The average Bonchev–Trinajstić information content (AvgIpc) is 3.23. The molecule has 39 heavy (non-hydrogen) atoms. The van der Waals surface area contributed by atoms with Gasteiger partial charge in [-0.05, 0) is 73.5 Å². The number of nitrogens with zero attached hydrogens (tertiary/aromatic N) is 1. The number of aliphatic hydroxyl groups is 1. The quantitative estimate of drug-likeness (QED) is 0.160. The third-order valence-corrected chi connectivity index (χ3v) is 6.40. The Morgan fingerprint density at radius 2 is 1.49 bits per heavy atom. The summed E-state index contributed by atoms with van der Waals surface area (Å²) in [6.07, 6.45) is -0.00275. The molecule has 4 aromatic carbocycles. The Morgan fingerprint density at radius 1 is 0.821 bits per heavy atom. The fraction of sp³-hybridized carbons (Fsp3) is 0.152. The van der Waals surface area contributed by atoms with Crippen molar-refractivity contribution in [2.24, 2.45) is 0 Å². The van der Waals surface area contributed by atoms with Gasteiger partial charge in [-0.15, -0.1) is 0 Å². The van der Waals surface area contributed by atoms with Gasteiger partial charge < -0.3 is 14.6 Å². The van der Waals surface area contributed by atoms with Crippen molar-refractivity contribution in [3.63, 3.8) is 0 Å². The monoisotopic (exact) mass is 519 g/mol. The zero-order chi connectivity index (χ0) is 27.4. The molecule has 0 aliphatic carbocycles. The molecule has 0 radical (unpaired) electrons. The Balaban J connectivity index is 1.57. The largest absolute Gasteiger partial charge is 0.507 e. The number of rotatable bonds is 8. The molecular weight excluding hydrogens is 490 g/mol. The first kappa shape index (κ1) is 25.8. The van der Waals surface area contributed by atoms with E-state index in [9.17, 15) is 14.7 Å². The third kappa shape index (κ3) is 5.55. The minimum Gasteiger partial charge on any atom is -0.507 e. The molecule has 1 N–H and O–H groups in total. The summed E-state index contributed by atoms with van der Waals surface area (Å²) in [5, 5.41) is 11.4. The average molecular weight is 520 g/mol. The maximum Gasteiger partial charge on any atom is 0.300 e. The van der Waals surface area contributed by atoms with Crippen LogP contribution < -0.4 is 14.4 Å². The molecule has 0 bridgehead atoms. The van der Waals surface area contributed by atoms with Gasteiger partial charge in [0.1, 0.15) is 23.9 Å². The van der Waals surface area contributed by atoms with E-state index in [4.69, 9.17) is 9.47 Å². The first-order valence-corrected chi connectivity index (χ1v) is 12.8. The summed E-state index contributed by atoms with van der Waals surface area (Å²) in [5.74, 6) is -0.470. The van der Waals surface area contributed by atoms with Crippen LogP contribution in [0, 0.1) is 0 Å². The van der Waals surface area contributed by atoms with Gasteiger partial charge in [0.25, 0.3) is 11.7 Å². The Labute approximate surface area is 227 Å². The van der Waals surface area contributed by atoms with Gasteiger partial charge in [-0.2, -0.15) is 0 Å². The predicted molar refractivity (Wildman–Crippen MR) is 151 cm³/mol. The van der Waals surface area contributed by atoms with E-state index in [0.717, 1.165) is 5.56 Å². The van der Waals surface area contributed by atoms with E-state index >= 15 is 0 Å². The second kappa shape index (κ2) is 11.3. The lowest BCUT2D eigenvalue weighted by molar-refractivity contribution is -0.132. The zero-order valence-electron chi connectivity index (χ0n) is 21.8. The number of anilines is 1. The zero-order valence-corrected chi connectivity index (χ0v) is 21.8. The van der Waals surface area contributed by atoms with Crippen LogP contribution in [0.2, 0.25) is 0 Å². The topological polar surface area (TPSA) is 76.1 Å². The van der Waals surface area contributed by atoms with E-state index in [1.807, 2.05) is 74.5 Å². The summed E-state index contributed by atoms with van der Waals surface area (Å²) >= 11 is 0. The summed E-state index contributed by atoms with van der Waals surface area (Å²) in [4.78, 5) is 28.2. The molecule has 0 spiro atoms. The van der Waals surface area contributed by atoms with Crippen LogP contribution in [-0.2, 0) is 16.2 Å². The van der Waals surface area contributed by atoms with Crippen molar-refractivity contribution in [1.82, 2.24) is 0 Å². The van der Waals surface area contributed by atoms with Crippen LogP contribution in [0.1, 0.15) is 36.6 Å². The highest BCUT2D eigenvalue weighted by molar-refractivity contribution is 6.51. The first-order chi connectivity index (χ1) is 18.9. The summed E-state index contributed by atoms with van der Waals surface area (Å²) in [5.41, 5.74) is 2.65. The lowest BCUT2D eigenvalue weighted by Gasteiger charge is -2.25. The molecule has 4 aromatic rings. The Morgan fingerprint density at radius 3 is 2.15 bits per heavy atom. The fourth-order valence-corrected chi connectivity index (χ4v) is 4.64. The molecule has 6 heteroatoms. The van der Waals surface area contributed by atoms with Crippen LogP contribution in [0.5, 0.6) is 11.5 Å². The number of Topliss-reactive ketones (excluding diaryl/α,β-unsaturated/α-hetero) is 1. The molecule has 1 heterocycles. The van der Waals surface area contributed by atoms with Crippen LogP contribution in [0.25, 0.3) is 5.76 Å². The SMILES string of the molecule is CC(C)Oc1ccc(/C(O)=C2/C(=O)C(=O)N(c3ccccc3)C2c2cccc(OCc3ccccc3)c2)cc1. The molecule has 0 saturated carbocycles. The number of carbonyl (C=O) groups excluding carboxylic acids is 2. The highest BCUT2D eigenvalue weighted by atomic mass is 16.5. The van der Waals surface area contributed by atoms with E-state index in [0.29, 0.717) is 34.9 Å². The van der Waals surface area contributed by atoms with Gasteiger partial charge in [-0.1, -0.05) is 60.7 Å². The van der Waals surface area contributed by atoms with E-state index in [2.05, 4.69) is 0 Å². The maximum atomic E-state index is 13.4. The molecule has 1 aliphatic rings. The smallest absolute Gasteiger partial charge is 0.300 e. The number of aliphatic hydroxyl groups excluding tert-OH is 1. The van der Waals surface area contributed by atoms with Gasteiger partial charge in [0, 0.05) is 11.3 Å². The number of ketones is 1. The molecule has 1 unspecified atom stereocenters. The molecule has 196 valence electrons. The van der Waals surface area contributed by atoms with E-state index in [-0.39, 0.29) is 17.4 Å². The minimum absolute atomic E-state index is 0.00275. The highest BCUT2D eigenvalue weighted by Crippen LogP contribution is 2.43. The van der Waals surface area contributed by atoms with Crippen LogP contribution in [0.15, 0.2) is 115 Å². The van der Waals surface area contributed by atoms with Gasteiger partial charge in [-0.3, -0.25) is 14.5 Å². The number of hydrogen-bond donors (Lipinski definition) is 1. The summed E-state index contributed by atoms with van der Waals surface area (Å²) < 4.78 is 11.7. The predicted octanol–water partition coefficient (Wildman–Crippen LogP) is 6.68. The van der Waals surface area contributed by atoms with Crippen molar-refractivity contribution in [1.29, 1.82) is 0 Å². The molecule has 1 saturated heterocycles. The number of amides is 1. The molecule has 1 aliphatic heterocycles. The number of hydrogen-bond acceptors (Lipinski definition) is 5. The number of para-hydroxylation sites is 1. The van der Waals surface area contributed by atoms with Crippen LogP contribution in [0.4, 0.5) is 5.69 Å². The fourth-order valence-electron chi connectivity index (χ4n) is 4.64. The summed E-state index contributed by atoms with van der Waals surface area (Å²) in [7, 11) is 0. The number of ether oxygens (including phenoxy) is 2. The van der Waals surface area contributed by atoms with Crippen molar-refractivity contribution in [2.75, 3.05) is 4.90 Å². The highest BCUT2D eigenvalue weighted by Gasteiger charge is 2.47. The number of carbonyl (C=O) groups is 2. The lowest BCUT2D eigenvalue weighted by atomic mass is 9.95. The molecule has 1 atom stereocenters. The molecule has 0 aromatic heterocycles. The van der Waals surface area contributed by atoms with E-state index in [1.54, 1.807) is 48.5 Å². The molecule has 5 rings (SSSR count). The second-order valence-electron chi connectivity index (χ2n) is 9.54. The molecular formula is C33H29NO5. The number of benzene rings is 4. The van der Waals surface area contributed by atoms with Gasteiger partial charge >= 0.3 is 0 Å². The van der Waals surface area contributed by atoms with Crippen molar-refractivity contribution >= 4 is 23.1 Å². The molecule has 1 fully saturated rings. The van der Waals surface area contributed by atoms with Gasteiger partial charge in [0.15, 0.2) is 0 Å². The second-order valence-corrected chi connectivity index (χ2v) is 9.54. The molecule has 1 amide bonds. The standard InChI is InChI=1S/C33H29NO5/c1-22(2)39-27-18-16-24(17-19-27)31(35)29-30(34(33(37)32(29)36)26-13-7-4-8-14-26)25-12-9-15-28(20-25)38-21-23-10-5-3-6-11-23/h3-20,22,30,35H,21H2,1-2H3/b31-29-. The van der Waals surface area contributed by atoms with Gasteiger partial charge in [-0.25, -0.2) is 0 Å². The first-order valence-electron chi connectivity index (χ1n) is 12.8. The summed E-state index contributed by atoms with van der Waals surface area (Å²) in [6.45, 7) is 4.22. The lowest BCUT2D eigenvalue weighted by Crippen LogP contribution is -2.29. The Kier molecular flexibility index (Phi) is 7.46. The van der Waals surface area contributed by atoms with Crippen molar-refractivity contribution in [3.05, 3.63) is 131 Å². The van der Waals surface area contributed by atoms with Crippen molar-refractivity contribution in [2.45, 2.75) is 32.6 Å². The van der Waals surface area contributed by atoms with Crippen molar-refractivity contribution in [3.8, 4) is 11.5 Å². The Bertz CT molecular complexity index is 1490. The van der Waals surface area contributed by atoms with Crippen LogP contribution in [0.3, 0.4) is 0 Å². The Hall–Kier alpha value is -4.84.